The molecule has 0 saturated heterocycles. The lowest BCUT2D eigenvalue weighted by atomic mass is 10.2. The van der Waals surface area contributed by atoms with E-state index in [4.69, 9.17) is 10.5 Å². The van der Waals surface area contributed by atoms with Crippen LogP contribution in [0.5, 0.6) is 5.75 Å². The van der Waals surface area contributed by atoms with Crippen LogP contribution in [0.2, 0.25) is 0 Å². The van der Waals surface area contributed by atoms with Crippen molar-refractivity contribution in [3.8, 4) is 5.75 Å². The number of aromatic nitrogens is 1. The molecule has 90 valence electrons. The van der Waals surface area contributed by atoms with Crippen LogP contribution in [0, 0.1) is 6.92 Å². The van der Waals surface area contributed by atoms with Crippen molar-refractivity contribution in [3.63, 3.8) is 0 Å². The minimum Gasteiger partial charge on any atom is -0.492 e. The molecule has 2 N–H and O–H groups in total. The van der Waals surface area contributed by atoms with Crippen LogP contribution in [0.25, 0.3) is 0 Å². The lowest BCUT2D eigenvalue weighted by Gasteiger charge is -2.10. The van der Waals surface area contributed by atoms with E-state index in [1.807, 2.05) is 19.1 Å². The summed E-state index contributed by atoms with van der Waals surface area (Å²) in [5.41, 5.74) is 7.47. The minimum absolute atomic E-state index is 0.436. The van der Waals surface area contributed by atoms with Gasteiger partial charge in [-0.1, -0.05) is 26.2 Å². The van der Waals surface area contributed by atoms with E-state index in [0.717, 1.165) is 30.2 Å². The summed E-state index contributed by atoms with van der Waals surface area (Å²) in [4.78, 5) is 4.36. The van der Waals surface area contributed by atoms with Crippen LogP contribution in [-0.2, 0) is 6.54 Å². The van der Waals surface area contributed by atoms with Crippen LogP contribution >= 0.6 is 0 Å². The first-order valence-corrected chi connectivity index (χ1v) is 6.07. The Bertz CT molecular complexity index is 313. The van der Waals surface area contributed by atoms with Gasteiger partial charge in [-0.2, -0.15) is 0 Å². The van der Waals surface area contributed by atoms with E-state index in [0.29, 0.717) is 6.54 Å². The van der Waals surface area contributed by atoms with Crippen molar-refractivity contribution in [2.45, 2.75) is 46.1 Å². The molecule has 16 heavy (non-hydrogen) atoms. The Morgan fingerprint density at radius 3 is 2.75 bits per heavy atom. The average molecular weight is 222 g/mol. The number of ether oxygens (including phenoxy) is 1. The van der Waals surface area contributed by atoms with Crippen molar-refractivity contribution in [3.05, 3.63) is 23.5 Å². The van der Waals surface area contributed by atoms with Gasteiger partial charge in [0.2, 0.25) is 0 Å². The number of nitrogens with zero attached hydrogens (tertiary/aromatic N) is 1. The van der Waals surface area contributed by atoms with Gasteiger partial charge >= 0.3 is 0 Å². The maximum absolute atomic E-state index is 5.69. The summed E-state index contributed by atoms with van der Waals surface area (Å²) < 4.78 is 5.69. The zero-order chi connectivity index (χ0) is 11.8. The summed E-state index contributed by atoms with van der Waals surface area (Å²) in [6, 6.07) is 3.92. The predicted octanol–water partition coefficient (Wildman–Crippen LogP) is 2.81. The second kappa shape index (κ2) is 7.23. The van der Waals surface area contributed by atoms with Crippen molar-refractivity contribution in [1.29, 1.82) is 0 Å². The molecule has 1 rings (SSSR count). The number of unbranched alkanes of at least 4 members (excludes halogenated alkanes) is 3. The third-order valence-corrected chi connectivity index (χ3v) is 2.52. The molecule has 0 aromatic carbocycles. The molecule has 1 aromatic rings. The number of aryl methyl sites for hydroxylation is 1. The highest BCUT2D eigenvalue weighted by Gasteiger charge is 2.03. The fourth-order valence-corrected chi connectivity index (χ4v) is 1.59. The van der Waals surface area contributed by atoms with Crippen molar-refractivity contribution < 1.29 is 4.74 Å². The Kier molecular flexibility index (Phi) is 5.86. The van der Waals surface area contributed by atoms with Gasteiger partial charge in [0.15, 0.2) is 0 Å². The second-order valence-electron chi connectivity index (χ2n) is 4.01. The zero-order valence-corrected chi connectivity index (χ0v) is 10.3. The van der Waals surface area contributed by atoms with Crippen LogP contribution < -0.4 is 10.5 Å². The van der Waals surface area contributed by atoms with Gasteiger partial charge in [0.25, 0.3) is 0 Å². The molecule has 3 heteroatoms. The largest absolute Gasteiger partial charge is 0.492 e. The first-order valence-electron chi connectivity index (χ1n) is 6.07. The first kappa shape index (κ1) is 13.0. The summed E-state index contributed by atoms with van der Waals surface area (Å²) in [6.07, 6.45) is 4.86. The molecule has 0 spiro atoms. The maximum Gasteiger partial charge on any atom is 0.142 e. The highest BCUT2D eigenvalue weighted by Crippen LogP contribution is 2.16. The Morgan fingerprint density at radius 1 is 1.25 bits per heavy atom. The molecule has 0 aliphatic carbocycles. The Balaban J connectivity index is 2.41. The van der Waals surface area contributed by atoms with Crippen LogP contribution in [0.1, 0.15) is 44.0 Å². The van der Waals surface area contributed by atoms with Crippen molar-refractivity contribution >= 4 is 0 Å². The Morgan fingerprint density at radius 2 is 2.06 bits per heavy atom. The molecule has 0 unspecified atom stereocenters. The molecule has 1 heterocycles. The summed E-state index contributed by atoms with van der Waals surface area (Å²) in [6.45, 7) is 5.37. The summed E-state index contributed by atoms with van der Waals surface area (Å²) in [5.74, 6) is 0.838. The molecule has 0 fully saturated rings. The van der Waals surface area contributed by atoms with E-state index in [-0.39, 0.29) is 0 Å². The van der Waals surface area contributed by atoms with E-state index < -0.39 is 0 Å². The van der Waals surface area contributed by atoms with Gasteiger partial charge in [0, 0.05) is 12.2 Å². The van der Waals surface area contributed by atoms with Gasteiger partial charge in [-0.25, -0.2) is 0 Å². The Labute approximate surface area is 98.0 Å². The summed E-state index contributed by atoms with van der Waals surface area (Å²) in [5, 5.41) is 0. The average Bonchev–Trinajstić information content (AvgIpc) is 2.30. The zero-order valence-electron chi connectivity index (χ0n) is 10.3. The summed E-state index contributed by atoms with van der Waals surface area (Å²) >= 11 is 0. The van der Waals surface area contributed by atoms with Crippen LogP contribution in [0.15, 0.2) is 12.1 Å². The van der Waals surface area contributed by atoms with Gasteiger partial charge in [-0.3, -0.25) is 4.98 Å². The van der Waals surface area contributed by atoms with Gasteiger partial charge in [-0.05, 0) is 25.5 Å². The lowest BCUT2D eigenvalue weighted by molar-refractivity contribution is 0.300. The highest BCUT2D eigenvalue weighted by atomic mass is 16.5. The van der Waals surface area contributed by atoms with Crippen LogP contribution in [-0.4, -0.2) is 11.6 Å². The van der Waals surface area contributed by atoms with E-state index >= 15 is 0 Å². The molecule has 0 aliphatic heterocycles. The fourth-order valence-electron chi connectivity index (χ4n) is 1.59. The third kappa shape index (κ3) is 4.19. The van der Waals surface area contributed by atoms with Gasteiger partial charge in [0.1, 0.15) is 5.75 Å². The molecule has 0 saturated carbocycles. The molecule has 0 amide bonds. The van der Waals surface area contributed by atoms with E-state index in [2.05, 4.69) is 11.9 Å². The first-order chi connectivity index (χ1) is 7.77. The Hall–Kier alpha value is -1.09. The van der Waals surface area contributed by atoms with E-state index in [1.165, 1.54) is 19.3 Å². The normalized spacial score (nSPS) is 10.4. The molecular weight excluding hydrogens is 200 g/mol. The molecule has 1 aromatic heterocycles. The number of nitrogens with two attached hydrogens (primary N) is 1. The maximum atomic E-state index is 5.69. The van der Waals surface area contributed by atoms with Crippen molar-refractivity contribution in [2.75, 3.05) is 6.61 Å². The monoisotopic (exact) mass is 222 g/mol. The smallest absolute Gasteiger partial charge is 0.142 e. The predicted molar refractivity (Wildman–Crippen MR) is 66.5 cm³/mol. The molecule has 0 aliphatic rings. The minimum atomic E-state index is 0.436. The van der Waals surface area contributed by atoms with Gasteiger partial charge in [-0.15, -0.1) is 0 Å². The third-order valence-electron chi connectivity index (χ3n) is 2.52. The van der Waals surface area contributed by atoms with E-state index in [9.17, 15) is 0 Å². The molecule has 0 bridgehead atoms. The molecule has 0 radical (unpaired) electrons. The van der Waals surface area contributed by atoms with Crippen LogP contribution in [0.4, 0.5) is 0 Å². The number of pyridine rings is 1. The van der Waals surface area contributed by atoms with Crippen molar-refractivity contribution in [2.24, 2.45) is 5.73 Å². The molecular formula is C13H22N2O. The highest BCUT2D eigenvalue weighted by molar-refractivity contribution is 5.28. The molecule has 0 atom stereocenters. The van der Waals surface area contributed by atoms with Gasteiger partial charge in [0.05, 0.1) is 12.3 Å². The number of rotatable bonds is 7. The number of hydrogen-bond acceptors (Lipinski definition) is 3. The van der Waals surface area contributed by atoms with Gasteiger partial charge < -0.3 is 10.5 Å². The van der Waals surface area contributed by atoms with E-state index in [1.54, 1.807) is 0 Å². The second-order valence-corrected chi connectivity index (χ2v) is 4.01. The van der Waals surface area contributed by atoms with Crippen molar-refractivity contribution in [1.82, 2.24) is 4.98 Å². The topological polar surface area (TPSA) is 48.1 Å². The lowest BCUT2D eigenvalue weighted by Crippen LogP contribution is -2.06. The molecule has 3 nitrogen and oxygen atoms in total. The summed E-state index contributed by atoms with van der Waals surface area (Å²) in [7, 11) is 0. The quantitative estimate of drug-likeness (QED) is 0.722. The fraction of sp³-hybridized carbons (Fsp3) is 0.615. The van der Waals surface area contributed by atoms with Crippen LogP contribution in [0.3, 0.4) is 0 Å². The SMILES string of the molecule is CCCCCCOc1ccc(C)nc1CN. The standard InChI is InChI=1S/C13H22N2O/c1-3-4-5-6-9-16-13-8-7-11(2)15-12(13)10-14/h7-8H,3-6,9-10,14H2,1-2H3. The number of hydrogen-bond donors (Lipinski definition) is 1.